The summed E-state index contributed by atoms with van der Waals surface area (Å²) < 4.78 is 5.76. The normalized spacial score (nSPS) is 16.0. The molecule has 1 N–H and O–H groups in total. The van der Waals surface area contributed by atoms with Gasteiger partial charge >= 0.3 is 5.97 Å². The molecule has 2 aromatic rings. The van der Waals surface area contributed by atoms with Gasteiger partial charge in [-0.2, -0.15) is 0 Å². The molecule has 0 spiro atoms. The van der Waals surface area contributed by atoms with Crippen molar-refractivity contribution in [3.05, 3.63) is 41.8 Å². The number of aryl methyl sites for hydroxylation is 1. The van der Waals surface area contributed by atoms with Gasteiger partial charge in [-0.25, -0.2) is 4.98 Å². The summed E-state index contributed by atoms with van der Waals surface area (Å²) >= 11 is 0. The number of carbonyl (C=O) groups is 1. The number of nitrogens with zero attached hydrogens (tertiary/aromatic N) is 2. The summed E-state index contributed by atoms with van der Waals surface area (Å²) in [6.45, 7) is 4.12. The van der Waals surface area contributed by atoms with Gasteiger partial charge in [0.2, 0.25) is 5.89 Å². The number of oxazole rings is 1. The first-order valence-corrected chi connectivity index (χ1v) is 7.56. The Morgan fingerprint density at radius 1 is 1.41 bits per heavy atom. The summed E-state index contributed by atoms with van der Waals surface area (Å²) in [7, 11) is 0. The van der Waals surface area contributed by atoms with E-state index in [1.807, 2.05) is 42.2 Å². The van der Waals surface area contributed by atoms with Crippen LogP contribution in [0.1, 0.15) is 31.2 Å². The van der Waals surface area contributed by atoms with Gasteiger partial charge in [-0.15, -0.1) is 0 Å². The molecule has 1 atom stereocenters. The van der Waals surface area contributed by atoms with Gasteiger partial charge in [0.15, 0.2) is 0 Å². The van der Waals surface area contributed by atoms with Crippen molar-refractivity contribution >= 4 is 5.97 Å². The highest BCUT2D eigenvalue weighted by molar-refractivity contribution is 5.73. The Kier molecular flexibility index (Phi) is 3.98. The van der Waals surface area contributed by atoms with Crippen LogP contribution in [0, 0.1) is 6.92 Å². The standard InChI is InChI=1S/C17H20N2O3/c1-11(17(20)21)19(14-8-9-14)10-15-12(2)22-16(18-15)13-6-4-3-5-7-13/h3-7,11,14H,8-10H2,1-2H3,(H,20,21). The average molecular weight is 300 g/mol. The third-order valence-electron chi connectivity index (χ3n) is 4.12. The molecule has 1 aromatic heterocycles. The van der Waals surface area contributed by atoms with Crippen LogP contribution in [-0.4, -0.2) is 33.0 Å². The fraction of sp³-hybridized carbons (Fsp3) is 0.412. The van der Waals surface area contributed by atoms with Crippen molar-refractivity contribution < 1.29 is 14.3 Å². The van der Waals surface area contributed by atoms with E-state index >= 15 is 0 Å². The van der Waals surface area contributed by atoms with Crippen LogP contribution >= 0.6 is 0 Å². The Labute approximate surface area is 129 Å². The van der Waals surface area contributed by atoms with Crippen LogP contribution < -0.4 is 0 Å². The van der Waals surface area contributed by atoms with Crippen LogP contribution in [0.4, 0.5) is 0 Å². The van der Waals surface area contributed by atoms with Crippen molar-refractivity contribution in [2.45, 2.75) is 45.3 Å². The summed E-state index contributed by atoms with van der Waals surface area (Å²) in [5.41, 5.74) is 1.75. The summed E-state index contributed by atoms with van der Waals surface area (Å²) in [5, 5.41) is 9.27. The number of aromatic nitrogens is 1. The van der Waals surface area contributed by atoms with E-state index in [2.05, 4.69) is 4.98 Å². The lowest BCUT2D eigenvalue weighted by molar-refractivity contribution is -0.143. The molecule has 0 saturated heterocycles. The molecule has 22 heavy (non-hydrogen) atoms. The molecule has 1 heterocycles. The summed E-state index contributed by atoms with van der Waals surface area (Å²) in [6.07, 6.45) is 2.11. The highest BCUT2D eigenvalue weighted by Gasteiger charge is 2.35. The molecule has 0 aliphatic heterocycles. The number of benzene rings is 1. The molecule has 5 heteroatoms. The van der Waals surface area contributed by atoms with Gasteiger partial charge in [0.25, 0.3) is 0 Å². The van der Waals surface area contributed by atoms with Crippen molar-refractivity contribution in [1.29, 1.82) is 0 Å². The highest BCUT2D eigenvalue weighted by atomic mass is 16.4. The van der Waals surface area contributed by atoms with E-state index in [0.29, 0.717) is 18.5 Å². The van der Waals surface area contributed by atoms with Crippen LogP contribution in [-0.2, 0) is 11.3 Å². The first kappa shape index (κ1) is 14.8. The van der Waals surface area contributed by atoms with Gasteiger partial charge in [-0.1, -0.05) is 18.2 Å². The first-order valence-electron chi connectivity index (χ1n) is 7.56. The molecule has 5 nitrogen and oxygen atoms in total. The maximum atomic E-state index is 11.3. The predicted octanol–water partition coefficient (Wildman–Crippen LogP) is 3.09. The minimum atomic E-state index is -0.795. The van der Waals surface area contributed by atoms with Crippen molar-refractivity contribution in [1.82, 2.24) is 9.88 Å². The number of carboxylic acids is 1. The number of hydrogen-bond donors (Lipinski definition) is 1. The second kappa shape index (κ2) is 5.93. The van der Waals surface area contributed by atoms with E-state index in [9.17, 15) is 9.90 Å². The monoisotopic (exact) mass is 300 g/mol. The molecule has 1 unspecified atom stereocenters. The van der Waals surface area contributed by atoms with Gasteiger partial charge in [-0.3, -0.25) is 9.69 Å². The van der Waals surface area contributed by atoms with E-state index < -0.39 is 12.0 Å². The molecule has 1 aliphatic carbocycles. The molecule has 116 valence electrons. The molecule has 0 bridgehead atoms. The molecule has 0 radical (unpaired) electrons. The Morgan fingerprint density at radius 3 is 2.68 bits per heavy atom. The van der Waals surface area contributed by atoms with Gasteiger partial charge in [0, 0.05) is 18.2 Å². The van der Waals surface area contributed by atoms with Gasteiger partial charge in [-0.05, 0) is 38.8 Å². The van der Waals surface area contributed by atoms with Crippen molar-refractivity contribution in [2.24, 2.45) is 0 Å². The lowest BCUT2D eigenvalue weighted by atomic mass is 10.2. The molecule has 1 aliphatic rings. The van der Waals surface area contributed by atoms with E-state index in [4.69, 9.17) is 4.42 Å². The van der Waals surface area contributed by atoms with Crippen molar-refractivity contribution in [2.75, 3.05) is 0 Å². The summed E-state index contributed by atoms with van der Waals surface area (Å²) in [4.78, 5) is 17.9. The third kappa shape index (κ3) is 3.04. The lowest BCUT2D eigenvalue weighted by Gasteiger charge is -2.25. The average Bonchev–Trinajstić information content (AvgIpc) is 3.29. The van der Waals surface area contributed by atoms with Gasteiger partial charge < -0.3 is 9.52 Å². The molecular formula is C17H20N2O3. The van der Waals surface area contributed by atoms with Gasteiger partial charge in [0.05, 0.1) is 5.69 Å². The maximum absolute atomic E-state index is 11.3. The van der Waals surface area contributed by atoms with Crippen LogP contribution in [0.15, 0.2) is 34.7 Å². The Bertz CT molecular complexity index is 662. The molecule has 1 aromatic carbocycles. The zero-order valence-electron chi connectivity index (χ0n) is 12.8. The minimum absolute atomic E-state index is 0.349. The molecule has 1 saturated carbocycles. The second-order valence-corrected chi connectivity index (χ2v) is 5.81. The van der Waals surface area contributed by atoms with Crippen molar-refractivity contribution in [3.63, 3.8) is 0 Å². The van der Waals surface area contributed by atoms with Crippen molar-refractivity contribution in [3.8, 4) is 11.5 Å². The third-order valence-corrected chi connectivity index (χ3v) is 4.12. The van der Waals surface area contributed by atoms with Gasteiger partial charge in [0.1, 0.15) is 11.8 Å². The maximum Gasteiger partial charge on any atom is 0.320 e. The van der Waals surface area contributed by atoms with Crippen LogP contribution in [0.5, 0.6) is 0 Å². The van der Waals surface area contributed by atoms with Crippen LogP contribution in [0.3, 0.4) is 0 Å². The minimum Gasteiger partial charge on any atom is -0.480 e. The van der Waals surface area contributed by atoms with Crippen LogP contribution in [0.25, 0.3) is 11.5 Å². The summed E-state index contributed by atoms with van der Waals surface area (Å²) in [6, 6.07) is 9.57. The van der Waals surface area contributed by atoms with E-state index in [0.717, 1.165) is 29.9 Å². The number of rotatable bonds is 6. The molecule has 3 rings (SSSR count). The molecule has 1 fully saturated rings. The Morgan fingerprint density at radius 2 is 2.09 bits per heavy atom. The fourth-order valence-corrected chi connectivity index (χ4v) is 2.58. The van der Waals surface area contributed by atoms with E-state index in [1.54, 1.807) is 6.92 Å². The fourth-order valence-electron chi connectivity index (χ4n) is 2.58. The Balaban J connectivity index is 1.82. The largest absolute Gasteiger partial charge is 0.480 e. The topological polar surface area (TPSA) is 66.6 Å². The molecular weight excluding hydrogens is 280 g/mol. The lowest BCUT2D eigenvalue weighted by Crippen LogP contribution is -2.40. The predicted molar refractivity (Wildman–Crippen MR) is 82.3 cm³/mol. The molecule has 0 amide bonds. The summed E-state index contributed by atoms with van der Waals surface area (Å²) in [5.74, 6) is 0.547. The van der Waals surface area contributed by atoms with E-state index in [-0.39, 0.29) is 0 Å². The second-order valence-electron chi connectivity index (χ2n) is 5.81. The van der Waals surface area contributed by atoms with E-state index in [1.165, 1.54) is 0 Å². The van der Waals surface area contributed by atoms with Crippen LogP contribution in [0.2, 0.25) is 0 Å². The number of aliphatic carboxylic acids is 1. The Hall–Kier alpha value is -2.14. The SMILES string of the molecule is Cc1oc(-c2ccccc2)nc1CN(C1CC1)C(C)C(=O)O. The first-order chi connectivity index (χ1) is 10.6. The number of carboxylic acid groups (broad SMARTS) is 1. The zero-order chi connectivity index (χ0) is 15.7. The zero-order valence-corrected chi connectivity index (χ0v) is 12.8. The highest BCUT2D eigenvalue weighted by Crippen LogP contribution is 2.31. The smallest absolute Gasteiger partial charge is 0.320 e. The quantitative estimate of drug-likeness (QED) is 0.888. The number of hydrogen-bond acceptors (Lipinski definition) is 4.